The quantitative estimate of drug-likeness (QED) is 0.638. The van der Waals surface area contributed by atoms with Crippen LogP contribution < -0.4 is 4.74 Å². The van der Waals surface area contributed by atoms with Gasteiger partial charge < -0.3 is 14.4 Å². The summed E-state index contributed by atoms with van der Waals surface area (Å²) in [6, 6.07) is 13.8. The van der Waals surface area contributed by atoms with Crippen LogP contribution in [0.3, 0.4) is 0 Å². The predicted octanol–water partition coefficient (Wildman–Crippen LogP) is 3.13. The van der Waals surface area contributed by atoms with Gasteiger partial charge in [0, 0.05) is 11.6 Å². The molecule has 1 aliphatic heterocycles. The van der Waals surface area contributed by atoms with E-state index in [9.17, 15) is 14.9 Å². The average molecular weight is 328 g/mol. The zero-order valence-corrected chi connectivity index (χ0v) is 12.9. The molecular formula is C17H16N2O5. The summed E-state index contributed by atoms with van der Waals surface area (Å²) >= 11 is 0. The van der Waals surface area contributed by atoms with Crippen molar-refractivity contribution in [3.63, 3.8) is 0 Å². The molecule has 0 saturated carbocycles. The predicted molar refractivity (Wildman–Crippen MR) is 85.6 cm³/mol. The Morgan fingerprint density at radius 3 is 2.79 bits per heavy atom. The molecule has 3 rings (SSSR count). The number of carbonyl (C=O) groups excluding carboxylic acids is 1. The number of amides is 1. The van der Waals surface area contributed by atoms with Crippen molar-refractivity contribution in [2.45, 2.75) is 13.2 Å². The van der Waals surface area contributed by atoms with E-state index in [4.69, 9.17) is 9.47 Å². The van der Waals surface area contributed by atoms with Gasteiger partial charge in [0.2, 0.25) is 0 Å². The smallest absolute Gasteiger partial charge is 0.410 e. The third-order valence-electron chi connectivity index (χ3n) is 3.70. The number of nitro groups is 1. The van der Waals surface area contributed by atoms with E-state index in [1.807, 2.05) is 30.3 Å². The third kappa shape index (κ3) is 3.62. The highest BCUT2D eigenvalue weighted by Gasteiger charge is 2.22. The number of nitrogens with zero attached hydrogens (tertiary/aromatic N) is 2. The number of rotatable bonds is 3. The number of fused-ring (bicyclic) bond motifs is 1. The number of ether oxygens (including phenoxy) is 2. The van der Waals surface area contributed by atoms with Crippen LogP contribution in [0.1, 0.15) is 11.1 Å². The lowest BCUT2D eigenvalue weighted by Crippen LogP contribution is -2.32. The Morgan fingerprint density at radius 2 is 2.04 bits per heavy atom. The highest BCUT2D eigenvalue weighted by Crippen LogP contribution is 2.28. The van der Waals surface area contributed by atoms with Gasteiger partial charge in [0.05, 0.1) is 24.1 Å². The van der Waals surface area contributed by atoms with Crippen molar-refractivity contribution in [3.8, 4) is 5.75 Å². The molecule has 1 heterocycles. The molecule has 0 N–H and O–H groups in total. The van der Waals surface area contributed by atoms with Gasteiger partial charge in [0.15, 0.2) is 0 Å². The summed E-state index contributed by atoms with van der Waals surface area (Å²) in [5.41, 5.74) is 1.59. The summed E-state index contributed by atoms with van der Waals surface area (Å²) in [5, 5.41) is 10.8. The van der Waals surface area contributed by atoms with Gasteiger partial charge in [-0.15, -0.1) is 0 Å². The van der Waals surface area contributed by atoms with E-state index in [2.05, 4.69) is 0 Å². The average Bonchev–Trinajstić information content (AvgIpc) is 2.82. The van der Waals surface area contributed by atoms with E-state index < -0.39 is 11.0 Å². The molecular weight excluding hydrogens is 312 g/mol. The number of hydrogen-bond donors (Lipinski definition) is 0. The van der Waals surface area contributed by atoms with E-state index in [1.165, 1.54) is 17.0 Å². The van der Waals surface area contributed by atoms with Crippen LogP contribution in [0.2, 0.25) is 0 Å². The van der Waals surface area contributed by atoms with Crippen LogP contribution in [0, 0.1) is 10.1 Å². The van der Waals surface area contributed by atoms with E-state index in [1.54, 1.807) is 6.07 Å². The molecule has 0 aliphatic carbocycles. The maximum atomic E-state index is 12.2. The first-order valence-corrected chi connectivity index (χ1v) is 7.49. The summed E-state index contributed by atoms with van der Waals surface area (Å²) in [4.78, 5) is 24.1. The second-order valence-electron chi connectivity index (χ2n) is 5.36. The molecule has 0 atom stereocenters. The van der Waals surface area contributed by atoms with Gasteiger partial charge in [-0.3, -0.25) is 10.1 Å². The van der Waals surface area contributed by atoms with Crippen LogP contribution in [0.5, 0.6) is 5.75 Å². The molecule has 7 nitrogen and oxygen atoms in total. The minimum Gasteiger partial charge on any atom is -0.491 e. The second kappa shape index (κ2) is 6.99. The molecule has 1 aliphatic rings. The zero-order valence-electron chi connectivity index (χ0n) is 12.9. The minimum absolute atomic E-state index is 0.0335. The van der Waals surface area contributed by atoms with Crippen molar-refractivity contribution in [1.82, 2.24) is 4.90 Å². The Hall–Kier alpha value is -3.09. The first kappa shape index (κ1) is 15.8. The molecule has 0 aromatic heterocycles. The van der Waals surface area contributed by atoms with Crippen LogP contribution >= 0.6 is 0 Å². The van der Waals surface area contributed by atoms with Crippen LogP contribution in [0.15, 0.2) is 48.5 Å². The maximum Gasteiger partial charge on any atom is 0.410 e. The van der Waals surface area contributed by atoms with Crippen molar-refractivity contribution in [2.24, 2.45) is 0 Å². The summed E-state index contributed by atoms with van der Waals surface area (Å²) in [7, 11) is 0. The molecule has 7 heteroatoms. The summed E-state index contributed by atoms with van der Waals surface area (Å²) < 4.78 is 10.9. The van der Waals surface area contributed by atoms with Crippen LogP contribution in [-0.4, -0.2) is 29.1 Å². The number of benzene rings is 2. The normalized spacial score (nSPS) is 13.4. The highest BCUT2D eigenvalue weighted by atomic mass is 16.6. The van der Waals surface area contributed by atoms with E-state index >= 15 is 0 Å². The van der Waals surface area contributed by atoms with Crippen LogP contribution in [0.4, 0.5) is 10.5 Å². The first-order valence-electron chi connectivity index (χ1n) is 7.49. The molecule has 2 aromatic carbocycles. The highest BCUT2D eigenvalue weighted by molar-refractivity contribution is 5.68. The van der Waals surface area contributed by atoms with Gasteiger partial charge in [0.1, 0.15) is 19.0 Å². The topological polar surface area (TPSA) is 81.9 Å². The lowest BCUT2D eigenvalue weighted by atomic mass is 10.1. The van der Waals surface area contributed by atoms with Gasteiger partial charge in [-0.05, 0) is 11.6 Å². The Balaban J connectivity index is 1.67. The molecule has 0 saturated heterocycles. The van der Waals surface area contributed by atoms with E-state index in [0.29, 0.717) is 18.8 Å². The molecule has 1 amide bonds. The number of non-ortho nitro benzene ring substituents is 1. The summed E-state index contributed by atoms with van der Waals surface area (Å²) in [5.74, 6) is 0.433. The number of hydrogen-bond acceptors (Lipinski definition) is 5. The van der Waals surface area contributed by atoms with Gasteiger partial charge in [-0.2, -0.15) is 0 Å². The van der Waals surface area contributed by atoms with Crippen molar-refractivity contribution in [2.75, 3.05) is 13.2 Å². The van der Waals surface area contributed by atoms with Crippen molar-refractivity contribution in [1.29, 1.82) is 0 Å². The Labute approximate surface area is 138 Å². The lowest BCUT2D eigenvalue weighted by molar-refractivity contribution is -0.384. The molecule has 0 bridgehead atoms. The zero-order chi connectivity index (χ0) is 16.9. The van der Waals surface area contributed by atoms with Crippen molar-refractivity contribution >= 4 is 11.8 Å². The molecule has 0 fully saturated rings. The first-order chi connectivity index (χ1) is 11.6. The fourth-order valence-electron chi connectivity index (χ4n) is 2.44. The van der Waals surface area contributed by atoms with Gasteiger partial charge in [-0.25, -0.2) is 4.79 Å². The molecule has 0 unspecified atom stereocenters. The Morgan fingerprint density at radius 1 is 1.25 bits per heavy atom. The standard InChI is InChI=1S/C17H16N2O5/c20-17(24-12-13-4-2-1-3-5-13)18-8-9-23-16-10-15(19(21)22)7-6-14(16)11-18/h1-7,10H,8-9,11-12H2. The fraction of sp³-hybridized carbons (Fsp3) is 0.235. The molecule has 0 spiro atoms. The third-order valence-corrected chi connectivity index (χ3v) is 3.70. The van der Waals surface area contributed by atoms with E-state index in [0.717, 1.165) is 11.1 Å². The molecule has 124 valence electrons. The van der Waals surface area contributed by atoms with Gasteiger partial charge in [0.25, 0.3) is 5.69 Å². The summed E-state index contributed by atoms with van der Waals surface area (Å²) in [6.07, 6.45) is -0.436. The summed E-state index contributed by atoms with van der Waals surface area (Å²) in [6.45, 7) is 1.11. The molecule has 24 heavy (non-hydrogen) atoms. The van der Waals surface area contributed by atoms with Gasteiger partial charge in [-0.1, -0.05) is 30.3 Å². The number of carbonyl (C=O) groups is 1. The number of nitro benzene ring substituents is 1. The molecule has 2 aromatic rings. The van der Waals surface area contributed by atoms with E-state index in [-0.39, 0.29) is 18.9 Å². The maximum absolute atomic E-state index is 12.2. The Kier molecular flexibility index (Phi) is 4.60. The lowest BCUT2D eigenvalue weighted by Gasteiger charge is -2.19. The van der Waals surface area contributed by atoms with Crippen molar-refractivity contribution < 1.29 is 19.2 Å². The largest absolute Gasteiger partial charge is 0.491 e. The van der Waals surface area contributed by atoms with Crippen molar-refractivity contribution in [3.05, 3.63) is 69.8 Å². The van der Waals surface area contributed by atoms with Gasteiger partial charge >= 0.3 is 6.09 Å². The fourth-order valence-corrected chi connectivity index (χ4v) is 2.44. The monoisotopic (exact) mass is 328 g/mol. The second-order valence-corrected chi connectivity index (χ2v) is 5.36. The SMILES string of the molecule is O=C(OCc1ccccc1)N1CCOc2cc([N+](=O)[O-])ccc2C1. The van der Waals surface area contributed by atoms with Crippen LogP contribution in [-0.2, 0) is 17.9 Å². The van der Waals surface area contributed by atoms with Crippen LogP contribution in [0.25, 0.3) is 0 Å². The Bertz CT molecular complexity index is 748. The molecule has 0 radical (unpaired) electrons. The minimum atomic E-state index is -0.472.